The number of fused-ring (bicyclic) bond motifs is 2. The second kappa shape index (κ2) is 8.36. The van der Waals surface area contributed by atoms with Crippen LogP contribution in [0.15, 0.2) is 58.4 Å². The van der Waals surface area contributed by atoms with Crippen LogP contribution in [-0.2, 0) is 11.3 Å². The third-order valence-corrected chi connectivity index (χ3v) is 6.20. The summed E-state index contributed by atoms with van der Waals surface area (Å²) < 4.78 is 13.8. The number of thiazole rings is 1. The fourth-order valence-corrected chi connectivity index (χ4v) is 4.50. The van der Waals surface area contributed by atoms with Crippen molar-refractivity contribution >= 4 is 55.4 Å². The van der Waals surface area contributed by atoms with Crippen LogP contribution in [0.25, 0.3) is 21.3 Å². The van der Waals surface area contributed by atoms with E-state index in [0.29, 0.717) is 22.8 Å². The predicted octanol–water partition coefficient (Wildman–Crippen LogP) is 3.82. The van der Waals surface area contributed by atoms with Gasteiger partial charge in [-0.3, -0.25) is 4.79 Å². The molecule has 0 aliphatic carbocycles. The zero-order valence-corrected chi connectivity index (χ0v) is 17.9. The van der Waals surface area contributed by atoms with E-state index in [-0.39, 0.29) is 11.7 Å². The van der Waals surface area contributed by atoms with Gasteiger partial charge in [0.25, 0.3) is 5.22 Å². The molecule has 3 heterocycles. The molecule has 31 heavy (non-hydrogen) atoms. The lowest BCUT2D eigenvalue weighted by Crippen LogP contribution is -2.13. The molecule has 0 spiro atoms. The highest BCUT2D eigenvalue weighted by Crippen LogP contribution is 2.29. The summed E-state index contributed by atoms with van der Waals surface area (Å²) in [6, 6.07) is 13.4. The molecular weight excluding hydrogens is 436 g/mol. The zero-order chi connectivity index (χ0) is 21.2. The number of thioether (sulfide) groups is 1. The second-order valence-electron chi connectivity index (χ2n) is 6.51. The number of anilines is 1. The van der Waals surface area contributed by atoms with Crippen molar-refractivity contribution in [2.75, 3.05) is 18.2 Å². The number of hydrogen-bond acceptors (Lipinski definition) is 9. The average molecular weight is 453 g/mol. The Hall–Kier alpha value is -3.44. The van der Waals surface area contributed by atoms with E-state index in [1.54, 1.807) is 13.4 Å². The highest BCUT2D eigenvalue weighted by molar-refractivity contribution is 7.99. The maximum absolute atomic E-state index is 12.3. The third-order valence-electron chi connectivity index (χ3n) is 4.45. The van der Waals surface area contributed by atoms with Crippen LogP contribution in [0, 0.1) is 0 Å². The lowest BCUT2D eigenvalue weighted by Gasteiger charge is -2.00. The minimum Gasteiger partial charge on any atom is -0.497 e. The average Bonchev–Trinajstić information content (AvgIpc) is 3.50. The van der Waals surface area contributed by atoms with E-state index >= 15 is 0 Å². The summed E-state index contributed by atoms with van der Waals surface area (Å²) in [7, 11) is 1.61. The molecule has 0 fully saturated rings. The molecule has 1 amide bonds. The Bertz CT molecular complexity index is 1380. The number of benzene rings is 2. The fourth-order valence-electron chi connectivity index (χ4n) is 3.01. The molecule has 0 bridgehead atoms. The van der Waals surface area contributed by atoms with E-state index in [0.717, 1.165) is 27.0 Å². The molecule has 1 N–H and O–H groups in total. The number of methoxy groups -OCH3 is 1. The molecule has 5 rings (SSSR count). The fraction of sp³-hybridized carbons (Fsp3) is 0.150. The van der Waals surface area contributed by atoms with Crippen molar-refractivity contribution in [3.8, 4) is 5.75 Å². The molecule has 0 saturated carbocycles. The summed E-state index contributed by atoms with van der Waals surface area (Å²) in [5.74, 6) is 1.14. The number of rotatable bonds is 7. The summed E-state index contributed by atoms with van der Waals surface area (Å²) >= 11 is 2.57. The van der Waals surface area contributed by atoms with Crippen LogP contribution >= 0.6 is 23.1 Å². The molecule has 9 nitrogen and oxygen atoms in total. The number of ether oxygens (including phenoxy) is 1. The van der Waals surface area contributed by atoms with E-state index in [4.69, 9.17) is 9.15 Å². The first-order valence-corrected chi connectivity index (χ1v) is 11.1. The monoisotopic (exact) mass is 452 g/mol. The van der Waals surface area contributed by atoms with Gasteiger partial charge in [0.1, 0.15) is 12.3 Å². The summed E-state index contributed by atoms with van der Waals surface area (Å²) in [5.41, 5.74) is 2.70. The highest BCUT2D eigenvalue weighted by atomic mass is 32.2. The van der Waals surface area contributed by atoms with Crippen molar-refractivity contribution in [3.05, 3.63) is 54.7 Å². The molecule has 0 unspecified atom stereocenters. The van der Waals surface area contributed by atoms with Gasteiger partial charge in [-0.2, -0.15) is 0 Å². The number of nitrogens with zero attached hydrogens (tertiary/aromatic N) is 5. The van der Waals surface area contributed by atoms with E-state index < -0.39 is 0 Å². The van der Waals surface area contributed by atoms with Crippen molar-refractivity contribution in [3.63, 3.8) is 0 Å². The van der Waals surface area contributed by atoms with Crippen LogP contribution in [0.5, 0.6) is 5.75 Å². The van der Waals surface area contributed by atoms with Gasteiger partial charge < -0.3 is 19.0 Å². The predicted molar refractivity (Wildman–Crippen MR) is 119 cm³/mol. The maximum Gasteiger partial charge on any atom is 0.277 e. The van der Waals surface area contributed by atoms with E-state index in [1.165, 1.54) is 23.1 Å². The van der Waals surface area contributed by atoms with Gasteiger partial charge in [0.2, 0.25) is 11.8 Å². The van der Waals surface area contributed by atoms with Gasteiger partial charge in [-0.05, 0) is 30.3 Å². The van der Waals surface area contributed by atoms with Crippen molar-refractivity contribution < 1.29 is 13.9 Å². The number of carbonyl (C=O) groups excluding carboxylic acids is 1. The SMILES string of the molecule is COc1ccc2nc(NC(=O)CSc3nnc(Cn4cnc5ccccc54)o3)sc2c1. The first-order valence-electron chi connectivity index (χ1n) is 9.27. The number of carbonyl (C=O) groups is 1. The smallest absolute Gasteiger partial charge is 0.277 e. The number of amides is 1. The van der Waals surface area contributed by atoms with Crippen molar-refractivity contribution in [1.29, 1.82) is 0 Å². The van der Waals surface area contributed by atoms with Crippen molar-refractivity contribution in [1.82, 2.24) is 24.7 Å². The number of aromatic nitrogens is 5. The number of para-hydroxylation sites is 2. The number of hydrogen-bond donors (Lipinski definition) is 1. The van der Waals surface area contributed by atoms with Gasteiger partial charge in [-0.1, -0.05) is 35.2 Å². The van der Waals surface area contributed by atoms with E-state index in [1.807, 2.05) is 47.0 Å². The molecule has 0 saturated heterocycles. The lowest BCUT2D eigenvalue weighted by atomic mass is 10.3. The Labute approximate surface area is 184 Å². The lowest BCUT2D eigenvalue weighted by molar-refractivity contribution is -0.113. The molecule has 156 valence electrons. The molecule has 2 aromatic carbocycles. The maximum atomic E-state index is 12.3. The highest BCUT2D eigenvalue weighted by Gasteiger charge is 2.13. The molecule has 0 radical (unpaired) electrons. The molecular formula is C20H16N6O3S2. The van der Waals surface area contributed by atoms with Crippen LogP contribution in [-0.4, -0.2) is 43.5 Å². The largest absolute Gasteiger partial charge is 0.497 e. The van der Waals surface area contributed by atoms with Gasteiger partial charge in [0, 0.05) is 0 Å². The second-order valence-corrected chi connectivity index (χ2v) is 8.47. The Morgan fingerprint density at radius 2 is 2.13 bits per heavy atom. The first-order chi connectivity index (χ1) is 15.2. The van der Waals surface area contributed by atoms with E-state index in [2.05, 4.69) is 25.5 Å². The van der Waals surface area contributed by atoms with Crippen LogP contribution in [0.3, 0.4) is 0 Å². The molecule has 5 aromatic rings. The van der Waals surface area contributed by atoms with Crippen LogP contribution in [0.4, 0.5) is 5.13 Å². The van der Waals surface area contributed by atoms with Crippen molar-refractivity contribution in [2.24, 2.45) is 0 Å². The van der Waals surface area contributed by atoms with Gasteiger partial charge >= 0.3 is 0 Å². The third kappa shape index (κ3) is 4.23. The van der Waals surface area contributed by atoms with Crippen molar-refractivity contribution in [2.45, 2.75) is 11.8 Å². The minimum absolute atomic E-state index is 0.134. The first kappa shape index (κ1) is 19.5. The Kier molecular flexibility index (Phi) is 5.26. The summed E-state index contributed by atoms with van der Waals surface area (Å²) in [4.78, 5) is 21.1. The number of imidazole rings is 1. The Balaban J connectivity index is 1.19. The Morgan fingerprint density at radius 1 is 1.23 bits per heavy atom. The minimum atomic E-state index is -0.198. The van der Waals surface area contributed by atoms with Gasteiger partial charge in [0.05, 0.1) is 40.4 Å². The van der Waals surface area contributed by atoms with Crippen LogP contribution in [0.2, 0.25) is 0 Å². The van der Waals surface area contributed by atoms with Crippen LogP contribution < -0.4 is 10.1 Å². The molecule has 11 heteroatoms. The zero-order valence-electron chi connectivity index (χ0n) is 16.3. The van der Waals surface area contributed by atoms with Gasteiger partial charge in [-0.15, -0.1) is 10.2 Å². The normalized spacial score (nSPS) is 11.3. The Morgan fingerprint density at radius 3 is 3.03 bits per heavy atom. The van der Waals surface area contributed by atoms with E-state index in [9.17, 15) is 4.79 Å². The van der Waals surface area contributed by atoms with Gasteiger partial charge in [-0.25, -0.2) is 9.97 Å². The quantitative estimate of drug-likeness (QED) is 0.371. The molecule has 0 aliphatic rings. The topological polar surface area (TPSA) is 108 Å². The molecule has 0 atom stereocenters. The molecule has 0 aliphatic heterocycles. The number of nitrogens with one attached hydrogen (secondary N) is 1. The molecule has 3 aromatic heterocycles. The standard InChI is InChI=1S/C20H16N6O3S2/c1-28-12-6-7-14-16(8-12)31-19(22-14)23-17(27)10-30-20-25-24-18(29-20)9-26-11-21-13-4-2-3-5-15(13)26/h2-8,11H,9-10H2,1H3,(H,22,23,27). The van der Waals surface area contributed by atoms with Gasteiger partial charge in [0.15, 0.2) is 5.13 Å². The summed E-state index contributed by atoms with van der Waals surface area (Å²) in [5, 5.41) is 11.8. The summed E-state index contributed by atoms with van der Waals surface area (Å²) in [6.45, 7) is 0.412. The van der Waals surface area contributed by atoms with Crippen LogP contribution in [0.1, 0.15) is 5.89 Å². The summed E-state index contributed by atoms with van der Waals surface area (Å²) in [6.07, 6.45) is 1.74.